The lowest BCUT2D eigenvalue weighted by Crippen LogP contribution is -2.35. The topological polar surface area (TPSA) is 63.4 Å². The molecule has 0 aliphatic rings. The van der Waals surface area contributed by atoms with Crippen molar-refractivity contribution in [1.82, 2.24) is 0 Å². The summed E-state index contributed by atoms with van der Waals surface area (Å²) in [5.74, 6) is 0.129. The van der Waals surface area contributed by atoms with Crippen LogP contribution in [-0.4, -0.2) is 37.5 Å². The Kier molecular flexibility index (Phi) is 5.15. The van der Waals surface area contributed by atoms with Crippen molar-refractivity contribution >= 4 is 32.7 Å². The average molecular weight is 314 g/mol. The monoisotopic (exact) mass is 314 g/mol. The molecule has 0 fully saturated rings. The SMILES string of the molecule is CN(CCS(=O)(=O)C(C)(C)C)c1ccc(C(N)=S)cc1. The first-order valence-corrected chi connectivity index (χ1v) is 8.44. The third-order valence-electron chi connectivity index (χ3n) is 3.22. The standard InChI is InChI=1S/C14H22N2O2S2/c1-14(2,3)20(17,18)10-9-16(4)12-7-5-11(6-8-12)13(15)19/h5-8H,9-10H2,1-4H3,(H2,15,19). The number of sulfone groups is 1. The van der Waals surface area contributed by atoms with Crippen molar-refractivity contribution < 1.29 is 8.42 Å². The summed E-state index contributed by atoms with van der Waals surface area (Å²) in [5.41, 5.74) is 7.29. The van der Waals surface area contributed by atoms with Gasteiger partial charge in [0.1, 0.15) is 4.99 Å². The summed E-state index contributed by atoms with van der Waals surface area (Å²) in [5, 5.41) is 0. The Hall–Kier alpha value is -1.14. The number of hydrogen-bond acceptors (Lipinski definition) is 4. The van der Waals surface area contributed by atoms with E-state index < -0.39 is 14.6 Å². The molecule has 0 aliphatic heterocycles. The van der Waals surface area contributed by atoms with Gasteiger partial charge in [-0.15, -0.1) is 0 Å². The number of anilines is 1. The normalized spacial score (nSPS) is 12.2. The Morgan fingerprint density at radius 1 is 1.25 bits per heavy atom. The summed E-state index contributed by atoms with van der Waals surface area (Å²) in [6.45, 7) is 5.62. The quantitative estimate of drug-likeness (QED) is 0.842. The summed E-state index contributed by atoms with van der Waals surface area (Å²) in [4.78, 5) is 2.27. The molecule has 0 amide bonds. The fourth-order valence-corrected chi connectivity index (χ4v) is 2.84. The predicted molar refractivity (Wildman–Crippen MR) is 89.1 cm³/mol. The van der Waals surface area contributed by atoms with Crippen LogP contribution in [0, 0.1) is 0 Å². The molecule has 0 saturated carbocycles. The molecule has 20 heavy (non-hydrogen) atoms. The molecular formula is C14H22N2O2S2. The third-order valence-corrected chi connectivity index (χ3v) is 6.04. The first kappa shape index (κ1) is 16.9. The van der Waals surface area contributed by atoms with E-state index in [1.54, 1.807) is 20.8 Å². The molecule has 0 spiro atoms. The van der Waals surface area contributed by atoms with Crippen LogP contribution in [0.25, 0.3) is 0 Å². The van der Waals surface area contributed by atoms with Gasteiger partial charge >= 0.3 is 0 Å². The van der Waals surface area contributed by atoms with Gasteiger partial charge in [-0.1, -0.05) is 12.2 Å². The van der Waals surface area contributed by atoms with E-state index in [2.05, 4.69) is 0 Å². The highest BCUT2D eigenvalue weighted by Crippen LogP contribution is 2.18. The molecule has 1 aromatic carbocycles. The fraction of sp³-hybridized carbons (Fsp3) is 0.500. The third kappa shape index (κ3) is 4.18. The van der Waals surface area contributed by atoms with Crippen LogP contribution < -0.4 is 10.6 Å². The molecule has 2 N–H and O–H groups in total. The van der Waals surface area contributed by atoms with E-state index >= 15 is 0 Å². The Labute approximate surface area is 126 Å². The van der Waals surface area contributed by atoms with Crippen molar-refractivity contribution in [3.63, 3.8) is 0 Å². The van der Waals surface area contributed by atoms with Crippen LogP contribution in [0.1, 0.15) is 26.3 Å². The molecule has 1 rings (SSSR count). The van der Waals surface area contributed by atoms with Gasteiger partial charge in [-0.25, -0.2) is 8.42 Å². The van der Waals surface area contributed by atoms with Gasteiger partial charge in [0.25, 0.3) is 0 Å². The first-order valence-electron chi connectivity index (χ1n) is 6.38. The van der Waals surface area contributed by atoms with E-state index in [9.17, 15) is 8.42 Å². The van der Waals surface area contributed by atoms with Gasteiger partial charge in [0.15, 0.2) is 9.84 Å². The number of nitrogens with zero attached hydrogens (tertiary/aromatic N) is 1. The van der Waals surface area contributed by atoms with E-state index in [4.69, 9.17) is 18.0 Å². The minimum atomic E-state index is -3.10. The van der Waals surface area contributed by atoms with Crippen LogP contribution in [0.3, 0.4) is 0 Å². The second-order valence-electron chi connectivity index (χ2n) is 5.76. The lowest BCUT2D eigenvalue weighted by molar-refractivity contribution is 0.559. The zero-order chi connectivity index (χ0) is 15.6. The van der Waals surface area contributed by atoms with Crippen LogP contribution in [0.15, 0.2) is 24.3 Å². The zero-order valence-corrected chi connectivity index (χ0v) is 14.0. The van der Waals surface area contributed by atoms with Crippen LogP contribution in [0.4, 0.5) is 5.69 Å². The summed E-state index contributed by atoms with van der Waals surface area (Å²) >= 11 is 4.90. The Bertz CT molecular complexity index is 572. The van der Waals surface area contributed by atoms with Gasteiger partial charge < -0.3 is 10.6 Å². The van der Waals surface area contributed by atoms with Crippen molar-refractivity contribution in [1.29, 1.82) is 0 Å². The van der Waals surface area contributed by atoms with Crippen LogP contribution in [0.5, 0.6) is 0 Å². The average Bonchev–Trinajstić information content (AvgIpc) is 2.34. The molecular weight excluding hydrogens is 292 g/mol. The maximum atomic E-state index is 12.1. The highest BCUT2D eigenvalue weighted by atomic mass is 32.2. The zero-order valence-electron chi connectivity index (χ0n) is 12.4. The number of nitrogens with two attached hydrogens (primary N) is 1. The lowest BCUT2D eigenvalue weighted by Gasteiger charge is -2.23. The van der Waals surface area contributed by atoms with Gasteiger partial charge in [-0.3, -0.25) is 0 Å². The summed E-state index contributed by atoms with van der Waals surface area (Å²) in [6, 6.07) is 7.45. The summed E-state index contributed by atoms with van der Waals surface area (Å²) in [6.07, 6.45) is 0. The van der Waals surface area contributed by atoms with Gasteiger partial charge in [0, 0.05) is 24.8 Å². The van der Waals surface area contributed by atoms with Gasteiger partial charge in [-0.2, -0.15) is 0 Å². The summed E-state index contributed by atoms with van der Waals surface area (Å²) < 4.78 is 23.4. The molecule has 0 atom stereocenters. The predicted octanol–water partition coefficient (Wildman–Crippen LogP) is 1.97. The van der Waals surface area contributed by atoms with Crippen molar-refractivity contribution in [3.8, 4) is 0 Å². The van der Waals surface area contributed by atoms with Crippen molar-refractivity contribution in [3.05, 3.63) is 29.8 Å². The second kappa shape index (κ2) is 6.10. The second-order valence-corrected chi connectivity index (χ2v) is 9.07. The van der Waals surface area contributed by atoms with Crippen LogP contribution >= 0.6 is 12.2 Å². The lowest BCUT2D eigenvalue weighted by atomic mass is 10.2. The molecule has 0 aliphatic carbocycles. The minimum Gasteiger partial charge on any atom is -0.389 e. The molecule has 0 aromatic heterocycles. The number of benzene rings is 1. The molecule has 0 radical (unpaired) electrons. The maximum Gasteiger partial charge on any atom is 0.156 e. The summed E-state index contributed by atoms with van der Waals surface area (Å²) in [7, 11) is -1.24. The van der Waals surface area contributed by atoms with E-state index in [-0.39, 0.29) is 5.75 Å². The highest BCUT2D eigenvalue weighted by molar-refractivity contribution is 7.92. The molecule has 4 nitrogen and oxygen atoms in total. The van der Waals surface area contributed by atoms with E-state index in [1.807, 2.05) is 36.2 Å². The van der Waals surface area contributed by atoms with E-state index in [0.717, 1.165) is 11.3 Å². The first-order chi connectivity index (χ1) is 9.04. The Morgan fingerprint density at radius 2 is 1.75 bits per heavy atom. The fourth-order valence-electron chi connectivity index (χ4n) is 1.57. The largest absolute Gasteiger partial charge is 0.389 e. The van der Waals surface area contributed by atoms with Crippen LogP contribution in [0.2, 0.25) is 0 Å². The molecule has 1 aromatic rings. The van der Waals surface area contributed by atoms with Crippen LogP contribution in [-0.2, 0) is 9.84 Å². The number of thiocarbonyl (C=S) groups is 1. The Balaban J connectivity index is 2.73. The smallest absolute Gasteiger partial charge is 0.156 e. The van der Waals surface area contributed by atoms with Gasteiger partial charge in [-0.05, 0) is 45.0 Å². The molecule has 0 saturated heterocycles. The van der Waals surface area contributed by atoms with Crippen molar-refractivity contribution in [2.45, 2.75) is 25.5 Å². The van der Waals surface area contributed by atoms with Gasteiger partial charge in [0.05, 0.1) is 10.5 Å². The van der Waals surface area contributed by atoms with E-state index in [1.165, 1.54) is 0 Å². The molecule has 0 unspecified atom stereocenters. The number of rotatable bonds is 5. The molecule has 112 valence electrons. The molecule has 0 heterocycles. The molecule has 0 bridgehead atoms. The Morgan fingerprint density at radius 3 is 2.15 bits per heavy atom. The minimum absolute atomic E-state index is 0.129. The van der Waals surface area contributed by atoms with Gasteiger partial charge in [0.2, 0.25) is 0 Å². The highest BCUT2D eigenvalue weighted by Gasteiger charge is 2.28. The van der Waals surface area contributed by atoms with E-state index in [0.29, 0.717) is 11.5 Å². The van der Waals surface area contributed by atoms with Crippen molar-refractivity contribution in [2.24, 2.45) is 5.73 Å². The molecule has 6 heteroatoms. The maximum absolute atomic E-state index is 12.1. The van der Waals surface area contributed by atoms with Crippen molar-refractivity contribution in [2.75, 3.05) is 24.2 Å². The number of hydrogen-bond donors (Lipinski definition) is 1.